The van der Waals surface area contributed by atoms with Gasteiger partial charge >= 0.3 is 0 Å². The maximum atomic E-state index is 13.2. The summed E-state index contributed by atoms with van der Waals surface area (Å²) >= 11 is 0. The number of hydrogen-bond donors (Lipinski definition) is 2. The van der Waals surface area contributed by atoms with Gasteiger partial charge in [-0.1, -0.05) is 24.8 Å². The maximum absolute atomic E-state index is 13.2. The van der Waals surface area contributed by atoms with Gasteiger partial charge in [0.2, 0.25) is 0 Å². The van der Waals surface area contributed by atoms with Gasteiger partial charge in [-0.3, -0.25) is 4.99 Å². The lowest BCUT2D eigenvalue weighted by Gasteiger charge is -2.11. The molecule has 0 unspecified atom stereocenters. The Hall–Kier alpha value is -3.54. The molecule has 0 aliphatic carbocycles. The molecule has 2 aromatic carbocycles. The maximum Gasteiger partial charge on any atom is 0.142 e. The number of halogens is 1. The Labute approximate surface area is 163 Å². The Morgan fingerprint density at radius 1 is 1.18 bits per heavy atom. The van der Waals surface area contributed by atoms with Gasteiger partial charge in [0.25, 0.3) is 0 Å². The summed E-state index contributed by atoms with van der Waals surface area (Å²) in [5.74, 6) is 0.310. The van der Waals surface area contributed by atoms with E-state index in [1.807, 2.05) is 25.1 Å². The molecule has 0 spiro atoms. The molecular weight excluding hydrogens is 355 g/mol. The lowest BCUT2D eigenvalue weighted by atomic mass is 10.0. The molecule has 1 heterocycles. The molecule has 0 saturated carbocycles. The van der Waals surface area contributed by atoms with Crippen LogP contribution in [0.25, 0.3) is 22.0 Å². The number of hydrogen-bond acceptors (Lipinski definition) is 5. The molecule has 6 heteroatoms. The molecule has 3 aromatic rings. The first-order valence-electron chi connectivity index (χ1n) is 8.74. The number of benzene rings is 2. The average Bonchev–Trinajstić information content (AvgIpc) is 2.71. The highest BCUT2D eigenvalue weighted by atomic mass is 19.1. The monoisotopic (exact) mass is 376 g/mol. The summed E-state index contributed by atoms with van der Waals surface area (Å²) in [6.45, 7) is 6.40. The van der Waals surface area contributed by atoms with E-state index in [4.69, 9.17) is 0 Å². The molecule has 1 aromatic heterocycles. The number of nitrogens with one attached hydrogen (secondary N) is 1. The normalized spacial score (nSPS) is 11.9. The van der Waals surface area contributed by atoms with Gasteiger partial charge in [0.1, 0.15) is 29.2 Å². The Morgan fingerprint density at radius 3 is 2.64 bits per heavy atom. The van der Waals surface area contributed by atoms with Gasteiger partial charge in [-0.15, -0.1) is 0 Å². The van der Waals surface area contributed by atoms with E-state index in [2.05, 4.69) is 26.9 Å². The fourth-order valence-electron chi connectivity index (χ4n) is 2.67. The van der Waals surface area contributed by atoms with Crippen LogP contribution in [0.4, 0.5) is 10.2 Å². The largest absolute Gasteiger partial charge is 0.506 e. The molecule has 2 N–H and O–H groups in total. The van der Waals surface area contributed by atoms with Crippen LogP contribution in [0.15, 0.2) is 72.0 Å². The van der Waals surface area contributed by atoms with Crippen molar-refractivity contribution in [3.05, 3.63) is 72.8 Å². The number of allylic oxidation sites excluding steroid dienone is 1. The summed E-state index contributed by atoms with van der Waals surface area (Å²) in [4.78, 5) is 12.5. The zero-order valence-electron chi connectivity index (χ0n) is 15.8. The van der Waals surface area contributed by atoms with E-state index in [0.29, 0.717) is 23.3 Å². The van der Waals surface area contributed by atoms with Crippen LogP contribution in [-0.4, -0.2) is 34.4 Å². The van der Waals surface area contributed by atoms with Crippen LogP contribution < -0.4 is 5.32 Å². The van der Waals surface area contributed by atoms with Crippen LogP contribution in [0, 0.1) is 5.82 Å². The number of phenolic OH excluding ortho intramolecular Hbond substituents is 1. The van der Waals surface area contributed by atoms with Gasteiger partial charge in [0, 0.05) is 24.7 Å². The average molecular weight is 376 g/mol. The van der Waals surface area contributed by atoms with Gasteiger partial charge < -0.3 is 10.4 Å². The summed E-state index contributed by atoms with van der Waals surface area (Å²) in [5, 5.41) is 14.3. The molecule has 0 fully saturated rings. The SMILES string of the molecule is C=C(/C=C\C(C)=NC)CNc1ncnc2c(O)cc(-c3ccc(F)cc3)cc12. The summed E-state index contributed by atoms with van der Waals surface area (Å²) < 4.78 is 13.2. The highest BCUT2D eigenvalue weighted by Gasteiger charge is 2.11. The zero-order valence-corrected chi connectivity index (χ0v) is 15.8. The Morgan fingerprint density at radius 2 is 1.93 bits per heavy atom. The van der Waals surface area contributed by atoms with E-state index in [-0.39, 0.29) is 11.6 Å². The Bertz CT molecular complexity index is 1070. The number of aromatic nitrogens is 2. The minimum atomic E-state index is -0.311. The van der Waals surface area contributed by atoms with Crippen molar-refractivity contribution >= 4 is 22.4 Å². The third-order valence-corrected chi connectivity index (χ3v) is 4.29. The van der Waals surface area contributed by atoms with Crippen molar-refractivity contribution in [2.75, 3.05) is 18.9 Å². The lowest BCUT2D eigenvalue weighted by Crippen LogP contribution is -2.05. The third kappa shape index (κ3) is 4.40. The predicted molar refractivity (Wildman–Crippen MR) is 112 cm³/mol. The third-order valence-electron chi connectivity index (χ3n) is 4.29. The number of anilines is 1. The number of aliphatic imine (C=N–C) groups is 1. The second-order valence-electron chi connectivity index (χ2n) is 6.33. The van der Waals surface area contributed by atoms with Crippen LogP contribution in [0.3, 0.4) is 0 Å². The van der Waals surface area contributed by atoms with Crippen LogP contribution >= 0.6 is 0 Å². The molecule has 28 heavy (non-hydrogen) atoms. The van der Waals surface area contributed by atoms with Crippen LogP contribution in [0.2, 0.25) is 0 Å². The lowest BCUT2D eigenvalue weighted by molar-refractivity contribution is 0.480. The molecule has 0 bridgehead atoms. The molecular formula is C22H21FN4O. The second kappa shape index (κ2) is 8.43. The van der Waals surface area contributed by atoms with Crippen molar-refractivity contribution < 1.29 is 9.50 Å². The first-order valence-corrected chi connectivity index (χ1v) is 8.74. The molecule has 5 nitrogen and oxygen atoms in total. The number of rotatable bonds is 6. The molecule has 0 amide bonds. The van der Waals surface area contributed by atoms with E-state index >= 15 is 0 Å². The molecule has 0 aliphatic rings. The number of fused-ring (bicyclic) bond motifs is 1. The van der Waals surface area contributed by atoms with Crippen LogP contribution in [0.1, 0.15) is 6.92 Å². The first kappa shape index (κ1) is 19.2. The molecule has 0 radical (unpaired) electrons. The van der Waals surface area contributed by atoms with Crippen molar-refractivity contribution in [2.24, 2.45) is 4.99 Å². The van der Waals surface area contributed by atoms with Gasteiger partial charge in [0.15, 0.2) is 0 Å². The smallest absolute Gasteiger partial charge is 0.142 e. The highest BCUT2D eigenvalue weighted by Crippen LogP contribution is 2.33. The molecule has 3 rings (SSSR count). The summed E-state index contributed by atoms with van der Waals surface area (Å²) in [6.07, 6.45) is 5.18. The summed E-state index contributed by atoms with van der Waals surface area (Å²) in [7, 11) is 1.74. The van der Waals surface area contributed by atoms with Gasteiger partial charge in [-0.05, 0) is 54.0 Å². The van der Waals surface area contributed by atoms with Crippen molar-refractivity contribution in [3.8, 4) is 16.9 Å². The molecule has 0 aliphatic heterocycles. The summed E-state index contributed by atoms with van der Waals surface area (Å²) in [6, 6.07) is 9.58. The van der Waals surface area contributed by atoms with Gasteiger partial charge in [-0.2, -0.15) is 0 Å². The minimum absolute atomic E-state index is 0.0378. The van der Waals surface area contributed by atoms with Crippen molar-refractivity contribution in [1.29, 1.82) is 0 Å². The standard InChI is InChI=1S/C22H21FN4O/c1-14(4-5-15(2)24-3)12-25-22-19-10-17(16-6-8-18(23)9-7-16)11-20(28)21(19)26-13-27-22/h4-11,13,28H,1,12H2,2-3H3,(H,25,26,27)/b5-4-,24-15?. The van der Waals surface area contributed by atoms with E-state index in [1.165, 1.54) is 18.5 Å². The number of nitrogens with zero attached hydrogens (tertiary/aromatic N) is 3. The topological polar surface area (TPSA) is 70.4 Å². The van der Waals surface area contributed by atoms with Gasteiger partial charge in [-0.25, -0.2) is 14.4 Å². The van der Waals surface area contributed by atoms with Crippen molar-refractivity contribution in [1.82, 2.24) is 9.97 Å². The second-order valence-corrected chi connectivity index (χ2v) is 6.33. The Balaban J connectivity index is 1.91. The summed E-state index contributed by atoms with van der Waals surface area (Å²) in [5.41, 5.74) is 3.74. The van der Waals surface area contributed by atoms with E-state index < -0.39 is 0 Å². The molecule has 0 saturated heterocycles. The molecule has 0 atom stereocenters. The van der Waals surface area contributed by atoms with E-state index in [1.54, 1.807) is 25.2 Å². The quantitative estimate of drug-likeness (QED) is 0.481. The van der Waals surface area contributed by atoms with E-state index in [9.17, 15) is 9.50 Å². The first-order chi connectivity index (χ1) is 13.5. The number of aromatic hydroxyl groups is 1. The number of phenols is 1. The fourth-order valence-corrected chi connectivity index (χ4v) is 2.67. The predicted octanol–water partition coefficient (Wildman–Crippen LogP) is 4.76. The van der Waals surface area contributed by atoms with Crippen LogP contribution in [0.5, 0.6) is 5.75 Å². The van der Waals surface area contributed by atoms with Crippen LogP contribution in [-0.2, 0) is 0 Å². The van der Waals surface area contributed by atoms with Crippen molar-refractivity contribution in [3.63, 3.8) is 0 Å². The van der Waals surface area contributed by atoms with Crippen molar-refractivity contribution in [2.45, 2.75) is 6.92 Å². The van der Waals surface area contributed by atoms with Gasteiger partial charge in [0.05, 0.1) is 0 Å². The minimum Gasteiger partial charge on any atom is -0.506 e. The fraction of sp³-hybridized carbons (Fsp3) is 0.136. The van der Waals surface area contributed by atoms with E-state index in [0.717, 1.165) is 22.4 Å². The molecule has 142 valence electrons. The Kier molecular flexibility index (Phi) is 5.79. The zero-order chi connectivity index (χ0) is 20.1. The highest BCUT2D eigenvalue weighted by molar-refractivity contribution is 5.96.